The summed E-state index contributed by atoms with van der Waals surface area (Å²) in [5.74, 6) is 0. The molecular weight excluding hydrogens is 467 g/mol. The highest BCUT2D eigenvalue weighted by Crippen LogP contribution is 2.38. The molecule has 1 amide bonds. The maximum absolute atomic E-state index is 12.5. The first-order valence-electron chi connectivity index (χ1n) is 13.8. The number of nitrogens with one attached hydrogen (secondary N) is 1. The van der Waals surface area contributed by atoms with Crippen LogP contribution in [0.4, 0.5) is 10.5 Å². The monoisotopic (exact) mass is 514 g/mol. The summed E-state index contributed by atoms with van der Waals surface area (Å²) >= 11 is 0. The van der Waals surface area contributed by atoms with Crippen LogP contribution in [0.5, 0.6) is 0 Å². The molecule has 3 aliphatic heterocycles. The number of carbonyl (C=O) groups is 1. The van der Waals surface area contributed by atoms with E-state index in [1.165, 1.54) is 22.4 Å². The second-order valence-corrected chi connectivity index (χ2v) is 12.8. The van der Waals surface area contributed by atoms with Gasteiger partial charge in [-0.1, -0.05) is 0 Å². The molecule has 0 aliphatic carbocycles. The molecule has 0 bridgehead atoms. The minimum Gasteiger partial charge on any atom is -0.444 e. The van der Waals surface area contributed by atoms with Gasteiger partial charge in [-0.05, 0) is 90.5 Å². The van der Waals surface area contributed by atoms with Crippen molar-refractivity contribution in [2.75, 3.05) is 57.3 Å². The van der Waals surface area contributed by atoms with Crippen molar-refractivity contribution in [3.05, 3.63) is 22.8 Å². The Balaban J connectivity index is 1.58. The molecule has 206 valence electrons. The van der Waals surface area contributed by atoms with E-state index < -0.39 is 12.7 Å². The Morgan fingerprint density at radius 1 is 0.973 bits per heavy atom. The molecule has 0 spiro atoms. The van der Waals surface area contributed by atoms with E-state index in [1.54, 1.807) is 0 Å². The van der Waals surface area contributed by atoms with E-state index >= 15 is 0 Å². The zero-order valence-corrected chi connectivity index (χ0v) is 24.5. The fourth-order valence-corrected chi connectivity index (χ4v) is 5.34. The first-order valence-corrected chi connectivity index (χ1v) is 13.8. The number of carbonyl (C=O) groups excluding carboxylic acids is 1. The second kappa shape index (κ2) is 10.4. The average Bonchev–Trinajstić information content (AvgIpc) is 3.02. The molecular formula is C28H47BN4O4. The third-order valence-electron chi connectivity index (χ3n) is 8.35. The average molecular weight is 515 g/mol. The van der Waals surface area contributed by atoms with Crippen molar-refractivity contribution >= 4 is 24.4 Å². The molecule has 9 heteroatoms. The zero-order valence-electron chi connectivity index (χ0n) is 24.5. The number of piperazine rings is 2. The number of rotatable bonds is 4. The number of anilines is 1. The van der Waals surface area contributed by atoms with E-state index in [4.69, 9.17) is 14.0 Å². The number of benzene rings is 1. The van der Waals surface area contributed by atoms with Crippen LogP contribution in [-0.4, -0.2) is 92.2 Å². The number of amides is 1. The summed E-state index contributed by atoms with van der Waals surface area (Å²) in [5.41, 5.74) is 4.98. The smallest absolute Gasteiger partial charge is 0.444 e. The maximum atomic E-state index is 12.5. The van der Waals surface area contributed by atoms with Crippen molar-refractivity contribution in [1.29, 1.82) is 0 Å². The minimum atomic E-state index is -0.475. The van der Waals surface area contributed by atoms with Crippen LogP contribution in [0.15, 0.2) is 6.07 Å². The lowest BCUT2D eigenvalue weighted by Crippen LogP contribution is -2.50. The van der Waals surface area contributed by atoms with Gasteiger partial charge in [-0.2, -0.15) is 0 Å². The molecule has 0 radical (unpaired) electrons. The van der Waals surface area contributed by atoms with Crippen LogP contribution in [0.2, 0.25) is 0 Å². The molecule has 1 N–H and O–H groups in total. The standard InChI is InChI=1S/C28H47BN4O4/c1-20-22(19-31-14-16-33(17-15-31)25(34)35-26(3,4)5)18-23(32-12-10-30-11-13-32)21(2)24(20)29-36-27(6,7)28(8,9)37-29/h18,30H,10-17,19H2,1-9H3. The Morgan fingerprint density at radius 3 is 2.08 bits per heavy atom. The fourth-order valence-electron chi connectivity index (χ4n) is 5.34. The van der Waals surface area contributed by atoms with Crippen LogP contribution in [0.25, 0.3) is 0 Å². The summed E-state index contributed by atoms with van der Waals surface area (Å²) in [5, 5.41) is 3.47. The van der Waals surface area contributed by atoms with E-state index in [2.05, 4.69) is 62.7 Å². The van der Waals surface area contributed by atoms with E-state index in [9.17, 15) is 4.79 Å². The predicted octanol–water partition coefficient (Wildman–Crippen LogP) is 3.06. The summed E-state index contributed by atoms with van der Waals surface area (Å²) in [7, 11) is -0.393. The van der Waals surface area contributed by atoms with Gasteiger partial charge in [0.1, 0.15) is 5.60 Å². The van der Waals surface area contributed by atoms with Crippen molar-refractivity contribution in [1.82, 2.24) is 15.1 Å². The molecule has 1 aromatic rings. The SMILES string of the molecule is Cc1c(CN2CCN(C(=O)OC(C)(C)C)CC2)cc(N2CCNCC2)c(C)c1B1OC(C)(C)C(C)(C)O1. The highest BCUT2D eigenvalue weighted by molar-refractivity contribution is 6.63. The summed E-state index contributed by atoms with van der Waals surface area (Å²) in [6.45, 7) is 26.4. The summed E-state index contributed by atoms with van der Waals surface area (Å²) in [4.78, 5) is 19.3. The highest BCUT2D eigenvalue weighted by Gasteiger charge is 2.52. The van der Waals surface area contributed by atoms with Crippen molar-refractivity contribution in [3.63, 3.8) is 0 Å². The van der Waals surface area contributed by atoms with E-state index in [1.807, 2.05) is 25.7 Å². The van der Waals surface area contributed by atoms with Gasteiger partial charge in [-0.15, -0.1) is 0 Å². The van der Waals surface area contributed by atoms with Crippen molar-refractivity contribution in [3.8, 4) is 0 Å². The molecule has 1 aromatic carbocycles. The van der Waals surface area contributed by atoms with Gasteiger partial charge >= 0.3 is 13.2 Å². The maximum Gasteiger partial charge on any atom is 0.495 e. The van der Waals surface area contributed by atoms with Crippen LogP contribution >= 0.6 is 0 Å². The van der Waals surface area contributed by atoms with Crippen LogP contribution in [0, 0.1) is 13.8 Å². The molecule has 0 atom stereocenters. The summed E-state index contributed by atoms with van der Waals surface area (Å²) in [6.07, 6.45) is -0.220. The van der Waals surface area contributed by atoms with Crippen molar-refractivity contribution in [2.24, 2.45) is 0 Å². The topological polar surface area (TPSA) is 66.5 Å². The van der Waals surface area contributed by atoms with Gasteiger partial charge < -0.3 is 29.2 Å². The van der Waals surface area contributed by atoms with Crippen molar-refractivity contribution in [2.45, 2.75) is 85.7 Å². The van der Waals surface area contributed by atoms with E-state index in [-0.39, 0.29) is 17.3 Å². The normalized spacial score (nSPS) is 22.5. The lowest BCUT2D eigenvalue weighted by Gasteiger charge is -2.37. The molecule has 3 saturated heterocycles. The van der Waals surface area contributed by atoms with Gasteiger partial charge in [0.15, 0.2) is 0 Å². The summed E-state index contributed by atoms with van der Waals surface area (Å²) < 4.78 is 18.7. The highest BCUT2D eigenvalue weighted by atomic mass is 16.7. The Hall–Kier alpha value is -1.81. The Labute approximate surface area is 224 Å². The van der Waals surface area contributed by atoms with Gasteiger partial charge in [0.25, 0.3) is 0 Å². The number of hydrogen-bond acceptors (Lipinski definition) is 7. The van der Waals surface area contributed by atoms with Crippen LogP contribution in [0.3, 0.4) is 0 Å². The van der Waals surface area contributed by atoms with Gasteiger partial charge in [0.05, 0.1) is 11.2 Å². The van der Waals surface area contributed by atoms with Crippen LogP contribution in [-0.2, 0) is 20.6 Å². The lowest BCUT2D eigenvalue weighted by atomic mass is 9.71. The largest absolute Gasteiger partial charge is 0.495 e. The number of ether oxygens (including phenoxy) is 1. The Kier molecular flexibility index (Phi) is 7.93. The third-order valence-corrected chi connectivity index (χ3v) is 8.35. The second-order valence-electron chi connectivity index (χ2n) is 12.8. The minimum absolute atomic E-state index is 0.220. The summed E-state index contributed by atoms with van der Waals surface area (Å²) in [6, 6.07) is 2.38. The molecule has 4 rings (SSSR count). The van der Waals surface area contributed by atoms with Gasteiger partial charge in [0, 0.05) is 64.6 Å². The molecule has 3 aliphatic rings. The molecule has 0 unspecified atom stereocenters. The molecule has 37 heavy (non-hydrogen) atoms. The van der Waals surface area contributed by atoms with Gasteiger partial charge in [-0.25, -0.2) is 4.79 Å². The van der Waals surface area contributed by atoms with E-state index in [0.717, 1.165) is 51.3 Å². The number of nitrogens with zero attached hydrogens (tertiary/aromatic N) is 3. The van der Waals surface area contributed by atoms with E-state index in [0.29, 0.717) is 13.1 Å². The van der Waals surface area contributed by atoms with Crippen LogP contribution < -0.4 is 15.7 Å². The molecule has 3 heterocycles. The first-order chi connectivity index (χ1) is 17.2. The molecule has 8 nitrogen and oxygen atoms in total. The van der Waals surface area contributed by atoms with Gasteiger partial charge in [-0.3, -0.25) is 4.90 Å². The Bertz CT molecular complexity index is 977. The quantitative estimate of drug-likeness (QED) is 0.620. The number of hydrogen-bond donors (Lipinski definition) is 1. The third kappa shape index (κ3) is 6.10. The lowest BCUT2D eigenvalue weighted by molar-refractivity contribution is 0.00578. The zero-order chi connectivity index (χ0) is 27.2. The molecule has 3 fully saturated rings. The van der Waals surface area contributed by atoms with Gasteiger partial charge in [0.2, 0.25) is 0 Å². The van der Waals surface area contributed by atoms with Crippen molar-refractivity contribution < 1.29 is 18.8 Å². The molecule has 0 aromatic heterocycles. The first kappa shape index (κ1) is 28.2. The Morgan fingerprint density at radius 2 is 1.54 bits per heavy atom. The van der Waals surface area contributed by atoms with Crippen LogP contribution in [0.1, 0.15) is 65.2 Å². The molecule has 0 saturated carbocycles. The fraction of sp³-hybridized carbons (Fsp3) is 0.750. The predicted molar refractivity (Wildman–Crippen MR) is 150 cm³/mol.